The van der Waals surface area contributed by atoms with E-state index in [2.05, 4.69) is 55.6 Å². The Morgan fingerprint density at radius 2 is 1.86 bits per heavy atom. The summed E-state index contributed by atoms with van der Waals surface area (Å²) in [6.45, 7) is 5.21. The van der Waals surface area contributed by atoms with E-state index in [0.29, 0.717) is 6.04 Å². The molecule has 2 rings (SSSR count). The maximum atomic E-state index is 6.18. The van der Waals surface area contributed by atoms with Gasteiger partial charge in [0.05, 0.1) is 6.61 Å². The van der Waals surface area contributed by atoms with Gasteiger partial charge in [0, 0.05) is 17.0 Å². The summed E-state index contributed by atoms with van der Waals surface area (Å²) in [4.78, 5) is 0. The third-order valence-electron chi connectivity index (χ3n) is 4.05. The van der Waals surface area contributed by atoms with Gasteiger partial charge < -0.3 is 10.1 Å². The molecule has 1 unspecified atom stereocenters. The summed E-state index contributed by atoms with van der Waals surface area (Å²) in [7, 11) is 1.99. The highest BCUT2D eigenvalue weighted by molar-refractivity contribution is 5.89. The molecular formula is C19H27NO. The van der Waals surface area contributed by atoms with Crippen LogP contribution < -0.4 is 10.1 Å². The Kier molecular flexibility index (Phi) is 6.06. The van der Waals surface area contributed by atoms with E-state index in [1.807, 2.05) is 7.05 Å². The molecule has 1 N–H and O–H groups in total. The fraction of sp³-hybridized carbons (Fsp3) is 0.474. The lowest BCUT2D eigenvalue weighted by molar-refractivity contribution is 0.303. The SMILES string of the molecule is CCCCCCOc1c(C(C)NC)ccc2ccccc12. The molecule has 0 aromatic heterocycles. The average Bonchev–Trinajstić information content (AvgIpc) is 2.53. The number of fused-ring (bicyclic) bond motifs is 1. The van der Waals surface area contributed by atoms with Gasteiger partial charge in [0.15, 0.2) is 0 Å². The number of benzene rings is 2. The van der Waals surface area contributed by atoms with Gasteiger partial charge in [0.1, 0.15) is 5.75 Å². The third-order valence-corrected chi connectivity index (χ3v) is 4.05. The lowest BCUT2D eigenvalue weighted by Gasteiger charge is -2.18. The zero-order valence-corrected chi connectivity index (χ0v) is 13.5. The second-order valence-electron chi connectivity index (χ2n) is 5.62. The molecule has 2 nitrogen and oxygen atoms in total. The molecule has 21 heavy (non-hydrogen) atoms. The van der Waals surface area contributed by atoms with E-state index in [1.165, 1.54) is 35.6 Å². The van der Waals surface area contributed by atoms with Crippen molar-refractivity contribution in [1.29, 1.82) is 0 Å². The van der Waals surface area contributed by atoms with Crippen molar-refractivity contribution in [2.75, 3.05) is 13.7 Å². The summed E-state index contributed by atoms with van der Waals surface area (Å²) in [5.74, 6) is 1.05. The maximum Gasteiger partial charge on any atom is 0.131 e. The topological polar surface area (TPSA) is 21.3 Å². The van der Waals surface area contributed by atoms with E-state index in [1.54, 1.807) is 0 Å². The minimum Gasteiger partial charge on any atom is -0.493 e. The summed E-state index contributed by atoms with van der Waals surface area (Å²) in [6.07, 6.45) is 4.93. The van der Waals surface area contributed by atoms with Crippen LogP contribution in [0.1, 0.15) is 51.1 Å². The number of nitrogens with one attached hydrogen (secondary N) is 1. The molecule has 0 aliphatic rings. The first-order valence-electron chi connectivity index (χ1n) is 8.09. The van der Waals surface area contributed by atoms with E-state index < -0.39 is 0 Å². The van der Waals surface area contributed by atoms with Crippen molar-refractivity contribution in [2.45, 2.75) is 45.6 Å². The van der Waals surface area contributed by atoms with Gasteiger partial charge in [-0.25, -0.2) is 0 Å². The zero-order chi connectivity index (χ0) is 15.1. The molecule has 1 atom stereocenters. The van der Waals surface area contributed by atoms with Crippen molar-refractivity contribution in [1.82, 2.24) is 5.32 Å². The maximum absolute atomic E-state index is 6.18. The van der Waals surface area contributed by atoms with Crippen LogP contribution in [0, 0.1) is 0 Å². The largest absolute Gasteiger partial charge is 0.493 e. The Labute approximate surface area is 128 Å². The highest BCUT2D eigenvalue weighted by Gasteiger charge is 2.13. The summed E-state index contributed by atoms with van der Waals surface area (Å²) in [6, 6.07) is 13.1. The zero-order valence-electron chi connectivity index (χ0n) is 13.5. The van der Waals surface area contributed by atoms with E-state index >= 15 is 0 Å². The molecule has 0 saturated heterocycles. The lowest BCUT2D eigenvalue weighted by atomic mass is 10.0. The van der Waals surface area contributed by atoms with Gasteiger partial charge in [0.2, 0.25) is 0 Å². The van der Waals surface area contributed by atoms with Gasteiger partial charge in [-0.1, -0.05) is 62.6 Å². The molecule has 114 valence electrons. The summed E-state index contributed by atoms with van der Waals surface area (Å²) < 4.78 is 6.18. The molecule has 0 spiro atoms. The molecule has 0 radical (unpaired) electrons. The summed E-state index contributed by atoms with van der Waals surface area (Å²) in [5.41, 5.74) is 1.24. The molecule has 2 aromatic rings. The number of hydrogen-bond donors (Lipinski definition) is 1. The Bertz CT molecular complexity index is 564. The standard InChI is InChI=1S/C19H27NO/c1-4-5-6-9-14-21-19-17(15(2)20-3)13-12-16-10-7-8-11-18(16)19/h7-8,10-13,15,20H,4-6,9,14H2,1-3H3. The number of ether oxygens (including phenoxy) is 1. The van der Waals surface area contributed by atoms with Gasteiger partial charge in [-0.3, -0.25) is 0 Å². The molecule has 2 heteroatoms. The Balaban J connectivity index is 2.23. The van der Waals surface area contributed by atoms with Crippen LogP contribution in [0.5, 0.6) is 5.75 Å². The predicted octanol–water partition coefficient (Wildman–Crippen LogP) is 5.08. The smallest absolute Gasteiger partial charge is 0.131 e. The van der Waals surface area contributed by atoms with Gasteiger partial charge in [-0.2, -0.15) is 0 Å². The molecule has 0 aliphatic heterocycles. The van der Waals surface area contributed by atoms with Crippen molar-refractivity contribution in [3.05, 3.63) is 42.0 Å². The van der Waals surface area contributed by atoms with Gasteiger partial charge in [0.25, 0.3) is 0 Å². The van der Waals surface area contributed by atoms with E-state index in [9.17, 15) is 0 Å². The van der Waals surface area contributed by atoms with Crippen LogP contribution in [0.4, 0.5) is 0 Å². The monoisotopic (exact) mass is 285 g/mol. The molecule has 0 saturated carbocycles. The summed E-state index contributed by atoms with van der Waals surface area (Å²) >= 11 is 0. The normalized spacial score (nSPS) is 12.5. The second kappa shape index (κ2) is 8.04. The molecule has 0 amide bonds. The number of unbranched alkanes of at least 4 members (excludes halogenated alkanes) is 3. The Morgan fingerprint density at radius 1 is 1.05 bits per heavy atom. The lowest BCUT2D eigenvalue weighted by Crippen LogP contribution is -2.14. The first-order chi connectivity index (χ1) is 10.3. The number of rotatable bonds is 8. The Hall–Kier alpha value is -1.54. The van der Waals surface area contributed by atoms with Crippen molar-refractivity contribution >= 4 is 10.8 Å². The van der Waals surface area contributed by atoms with Crippen molar-refractivity contribution in [3.63, 3.8) is 0 Å². The van der Waals surface area contributed by atoms with Crippen LogP contribution in [0.2, 0.25) is 0 Å². The van der Waals surface area contributed by atoms with Gasteiger partial charge in [-0.05, 0) is 25.8 Å². The predicted molar refractivity (Wildman–Crippen MR) is 91.1 cm³/mol. The van der Waals surface area contributed by atoms with Crippen molar-refractivity contribution in [2.24, 2.45) is 0 Å². The van der Waals surface area contributed by atoms with Crippen LogP contribution in [-0.2, 0) is 0 Å². The first-order valence-corrected chi connectivity index (χ1v) is 8.09. The molecule has 2 aromatic carbocycles. The molecule has 0 aliphatic carbocycles. The first kappa shape index (κ1) is 15.8. The van der Waals surface area contributed by atoms with Crippen LogP contribution in [0.15, 0.2) is 36.4 Å². The number of hydrogen-bond acceptors (Lipinski definition) is 2. The van der Waals surface area contributed by atoms with Gasteiger partial charge >= 0.3 is 0 Å². The fourth-order valence-electron chi connectivity index (χ4n) is 2.62. The summed E-state index contributed by atoms with van der Waals surface area (Å²) in [5, 5.41) is 5.78. The minimum absolute atomic E-state index is 0.292. The van der Waals surface area contributed by atoms with Crippen LogP contribution >= 0.6 is 0 Å². The average molecular weight is 285 g/mol. The molecule has 0 heterocycles. The second-order valence-corrected chi connectivity index (χ2v) is 5.62. The van der Waals surface area contributed by atoms with E-state index in [4.69, 9.17) is 4.74 Å². The molecule has 0 fully saturated rings. The third kappa shape index (κ3) is 3.98. The highest BCUT2D eigenvalue weighted by atomic mass is 16.5. The highest BCUT2D eigenvalue weighted by Crippen LogP contribution is 2.33. The van der Waals surface area contributed by atoms with Crippen LogP contribution in [-0.4, -0.2) is 13.7 Å². The van der Waals surface area contributed by atoms with Gasteiger partial charge in [-0.15, -0.1) is 0 Å². The van der Waals surface area contributed by atoms with E-state index in [-0.39, 0.29) is 0 Å². The van der Waals surface area contributed by atoms with Crippen molar-refractivity contribution < 1.29 is 4.74 Å². The van der Waals surface area contributed by atoms with Crippen LogP contribution in [0.3, 0.4) is 0 Å². The Morgan fingerprint density at radius 3 is 2.62 bits per heavy atom. The van der Waals surface area contributed by atoms with Crippen molar-refractivity contribution in [3.8, 4) is 5.75 Å². The quantitative estimate of drug-likeness (QED) is 0.683. The van der Waals surface area contributed by atoms with Crippen LogP contribution in [0.25, 0.3) is 10.8 Å². The molecule has 0 bridgehead atoms. The fourth-order valence-corrected chi connectivity index (χ4v) is 2.62. The molecular weight excluding hydrogens is 258 g/mol. The minimum atomic E-state index is 0.292. The van der Waals surface area contributed by atoms with E-state index in [0.717, 1.165) is 18.8 Å².